The normalized spacial score (nSPS) is 23.7. The molecule has 2 rings (SSSR count). The molecule has 1 aromatic carbocycles. The van der Waals surface area contributed by atoms with Crippen molar-refractivity contribution in [2.45, 2.75) is 31.8 Å². The molecule has 1 fully saturated rings. The van der Waals surface area contributed by atoms with Gasteiger partial charge in [0.15, 0.2) is 0 Å². The Morgan fingerprint density at radius 3 is 2.53 bits per heavy atom. The Bertz CT molecular complexity index is 377. The highest BCUT2D eigenvalue weighted by molar-refractivity contribution is 5.27. The minimum Gasteiger partial charge on any atom is -0.497 e. The maximum absolute atomic E-state index is 9.88. The summed E-state index contributed by atoms with van der Waals surface area (Å²) in [7, 11) is 3.78. The number of likely N-dealkylation sites (tertiary alicyclic amines) is 1. The molecule has 1 aliphatic rings. The predicted molar refractivity (Wildman–Crippen MR) is 77.5 cm³/mol. The average molecular weight is 263 g/mol. The number of hydrogen-bond acceptors (Lipinski definition) is 3. The second kappa shape index (κ2) is 6.92. The molecular weight excluding hydrogens is 238 g/mol. The molecule has 1 heterocycles. The molecule has 1 saturated heterocycles. The molecule has 1 aliphatic heterocycles. The first-order valence-electron chi connectivity index (χ1n) is 7.18. The third kappa shape index (κ3) is 4.22. The highest BCUT2D eigenvalue weighted by Gasteiger charge is 2.28. The van der Waals surface area contributed by atoms with Crippen LogP contribution in [-0.4, -0.2) is 43.4 Å². The fourth-order valence-corrected chi connectivity index (χ4v) is 2.88. The zero-order valence-electron chi connectivity index (χ0n) is 12.0. The lowest BCUT2D eigenvalue weighted by Crippen LogP contribution is -2.17. The van der Waals surface area contributed by atoms with Gasteiger partial charge in [0, 0.05) is 13.1 Å². The summed E-state index contributed by atoms with van der Waals surface area (Å²) < 4.78 is 5.15. The van der Waals surface area contributed by atoms with Gasteiger partial charge in [-0.25, -0.2) is 0 Å². The van der Waals surface area contributed by atoms with E-state index in [0.29, 0.717) is 5.92 Å². The first-order chi connectivity index (χ1) is 9.19. The SMILES string of the molecule is COc1ccc(CCCC[C@H]2CN(C)C[C@H]2O)cc1. The third-order valence-electron chi connectivity index (χ3n) is 4.04. The van der Waals surface area contributed by atoms with Crippen LogP contribution in [0, 0.1) is 5.92 Å². The Labute approximate surface area is 116 Å². The van der Waals surface area contributed by atoms with Crippen molar-refractivity contribution in [3.05, 3.63) is 29.8 Å². The molecule has 106 valence electrons. The van der Waals surface area contributed by atoms with Gasteiger partial charge in [-0.1, -0.05) is 18.6 Å². The Balaban J connectivity index is 1.66. The predicted octanol–water partition coefficient (Wildman–Crippen LogP) is 2.33. The molecule has 3 heteroatoms. The first kappa shape index (κ1) is 14.4. The van der Waals surface area contributed by atoms with Crippen molar-refractivity contribution >= 4 is 0 Å². The molecule has 0 spiro atoms. The molecule has 0 aromatic heterocycles. The van der Waals surface area contributed by atoms with Gasteiger partial charge < -0.3 is 14.7 Å². The van der Waals surface area contributed by atoms with Crippen molar-refractivity contribution in [3.8, 4) is 5.75 Å². The van der Waals surface area contributed by atoms with Crippen molar-refractivity contribution in [2.24, 2.45) is 5.92 Å². The van der Waals surface area contributed by atoms with Gasteiger partial charge >= 0.3 is 0 Å². The lowest BCUT2D eigenvalue weighted by molar-refractivity contribution is 0.138. The quantitative estimate of drug-likeness (QED) is 0.800. The molecule has 0 bridgehead atoms. The number of methoxy groups -OCH3 is 1. The van der Waals surface area contributed by atoms with Crippen LogP contribution in [0.2, 0.25) is 0 Å². The Morgan fingerprint density at radius 2 is 1.95 bits per heavy atom. The number of rotatable bonds is 6. The minimum atomic E-state index is -0.119. The maximum Gasteiger partial charge on any atom is 0.118 e. The number of likely N-dealkylation sites (N-methyl/N-ethyl adjacent to an activating group) is 1. The van der Waals surface area contributed by atoms with Crippen molar-refractivity contribution in [1.29, 1.82) is 0 Å². The summed E-state index contributed by atoms with van der Waals surface area (Å²) >= 11 is 0. The fourth-order valence-electron chi connectivity index (χ4n) is 2.88. The fraction of sp³-hybridized carbons (Fsp3) is 0.625. The molecule has 0 radical (unpaired) electrons. The van der Waals surface area contributed by atoms with Crippen LogP contribution >= 0.6 is 0 Å². The topological polar surface area (TPSA) is 32.7 Å². The molecule has 0 unspecified atom stereocenters. The number of nitrogens with zero attached hydrogens (tertiary/aromatic N) is 1. The van der Waals surface area contributed by atoms with Crippen LogP contribution in [0.3, 0.4) is 0 Å². The summed E-state index contributed by atoms with van der Waals surface area (Å²) in [5.74, 6) is 1.39. The van der Waals surface area contributed by atoms with Crippen LogP contribution in [0.15, 0.2) is 24.3 Å². The number of ether oxygens (including phenoxy) is 1. The largest absolute Gasteiger partial charge is 0.497 e. The Morgan fingerprint density at radius 1 is 1.21 bits per heavy atom. The van der Waals surface area contributed by atoms with Gasteiger partial charge in [0.2, 0.25) is 0 Å². The van der Waals surface area contributed by atoms with E-state index in [1.807, 2.05) is 12.1 Å². The molecule has 1 N–H and O–H groups in total. The molecule has 1 aromatic rings. The van der Waals surface area contributed by atoms with E-state index in [9.17, 15) is 5.11 Å². The van der Waals surface area contributed by atoms with E-state index >= 15 is 0 Å². The van der Waals surface area contributed by atoms with Gasteiger partial charge in [0.25, 0.3) is 0 Å². The zero-order chi connectivity index (χ0) is 13.7. The van der Waals surface area contributed by atoms with Gasteiger partial charge in [-0.3, -0.25) is 0 Å². The summed E-state index contributed by atoms with van der Waals surface area (Å²) in [6.07, 6.45) is 4.52. The zero-order valence-corrected chi connectivity index (χ0v) is 12.0. The van der Waals surface area contributed by atoms with E-state index in [2.05, 4.69) is 24.1 Å². The third-order valence-corrected chi connectivity index (χ3v) is 4.04. The van der Waals surface area contributed by atoms with Crippen LogP contribution < -0.4 is 4.74 Å². The van der Waals surface area contributed by atoms with Crippen molar-refractivity contribution in [2.75, 3.05) is 27.2 Å². The summed E-state index contributed by atoms with van der Waals surface area (Å²) in [5.41, 5.74) is 1.37. The van der Waals surface area contributed by atoms with Gasteiger partial charge in [-0.15, -0.1) is 0 Å². The van der Waals surface area contributed by atoms with E-state index in [1.54, 1.807) is 7.11 Å². The lowest BCUT2D eigenvalue weighted by Gasteiger charge is -2.12. The molecule has 0 amide bonds. The molecule has 19 heavy (non-hydrogen) atoms. The summed E-state index contributed by atoms with van der Waals surface area (Å²) in [5, 5.41) is 9.88. The van der Waals surface area contributed by atoms with Gasteiger partial charge in [-0.2, -0.15) is 0 Å². The highest BCUT2D eigenvalue weighted by atomic mass is 16.5. The number of β-amino-alcohol motifs (C(OH)–C–C–N with tert-alkyl or cyclic N) is 1. The van der Waals surface area contributed by atoms with E-state index in [-0.39, 0.29) is 6.10 Å². The van der Waals surface area contributed by atoms with Crippen LogP contribution in [0.4, 0.5) is 0 Å². The molecule has 0 aliphatic carbocycles. The van der Waals surface area contributed by atoms with Crippen molar-refractivity contribution in [3.63, 3.8) is 0 Å². The second-order valence-electron chi connectivity index (χ2n) is 5.64. The average Bonchev–Trinajstić information content (AvgIpc) is 2.74. The standard InChI is InChI=1S/C16H25NO2/c1-17-11-14(16(18)12-17)6-4-3-5-13-7-9-15(19-2)10-8-13/h7-10,14,16,18H,3-6,11-12H2,1-2H3/t14-,16+/m0/s1. The monoisotopic (exact) mass is 263 g/mol. The van der Waals surface area contributed by atoms with Crippen molar-refractivity contribution < 1.29 is 9.84 Å². The van der Waals surface area contributed by atoms with Gasteiger partial charge in [0.05, 0.1) is 13.2 Å². The van der Waals surface area contributed by atoms with Gasteiger partial charge in [-0.05, 0) is 49.9 Å². The Kier molecular flexibility index (Phi) is 5.23. The van der Waals surface area contributed by atoms with E-state index < -0.39 is 0 Å². The highest BCUT2D eigenvalue weighted by Crippen LogP contribution is 2.22. The van der Waals surface area contributed by atoms with E-state index in [1.165, 1.54) is 18.4 Å². The number of aryl methyl sites for hydroxylation is 1. The van der Waals surface area contributed by atoms with Crippen LogP contribution in [0.5, 0.6) is 5.75 Å². The van der Waals surface area contributed by atoms with Crippen LogP contribution in [-0.2, 0) is 6.42 Å². The number of aliphatic hydroxyl groups is 1. The van der Waals surface area contributed by atoms with Crippen LogP contribution in [0.25, 0.3) is 0 Å². The Hall–Kier alpha value is -1.06. The summed E-state index contributed by atoms with van der Waals surface area (Å²) in [4.78, 5) is 2.22. The number of unbranched alkanes of at least 4 members (excludes halogenated alkanes) is 1. The number of hydrogen-bond donors (Lipinski definition) is 1. The number of benzene rings is 1. The lowest BCUT2D eigenvalue weighted by atomic mass is 9.97. The van der Waals surface area contributed by atoms with Gasteiger partial charge in [0.1, 0.15) is 5.75 Å². The van der Waals surface area contributed by atoms with Crippen molar-refractivity contribution in [1.82, 2.24) is 4.90 Å². The van der Waals surface area contributed by atoms with E-state index in [0.717, 1.165) is 31.7 Å². The molecule has 3 nitrogen and oxygen atoms in total. The molecule has 2 atom stereocenters. The summed E-state index contributed by atoms with van der Waals surface area (Å²) in [6, 6.07) is 8.31. The minimum absolute atomic E-state index is 0.119. The second-order valence-corrected chi connectivity index (χ2v) is 5.64. The molecule has 0 saturated carbocycles. The maximum atomic E-state index is 9.88. The van der Waals surface area contributed by atoms with Crippen LogP contribution in [0.1, 0.15) is 24.8 Å². The van der Waals surface area contributed by atoms with E-state index in [4.69, 9.17) is 4.74 Å². The summed E-state index contributed by atoms with van der Waals surface area (Å²) in [6.45, 7) is 1.88. The smallest absolute Gasteiger partial charge is 0.118 e. The number of aliphatic hydroxyl groups excluding tert-OH is 1. The molecular formula is C16H25NO2. The first-order valence-corrected chi connectivity index (χ1v) is 7.18.